The van der Waals surface area contributed by atoms with Crippen molar-refractivity contribution in [2.24, 2.45) is 0 Å². The van der Waals surface area contributed by atoms with E-state index in [0.29, 0.717) is 22.5 Å². The molecular formula is C90H88N4OPt-2. The molecule has 0 N–H and O–H groups in total. The van der Waals surface area contributed by atoms with Gasteiger partial charge in [0.2, 0.25) is 0 Å². The molecule has 0 radical (unpaired) electrons. The van der Waals surface area contributed by atoms with Crippen molar-refractivity contribution in [2.75, 3.05) is 0 Å². The van der Waals surface area contributed by atoms with Crippen molar-refractivity contribution >= 4 is 32.8 Å². The number of hydrogen-bond donors (Lipinski definition) is 0. The number of aromatic nitrogens is 4. The van der Waals surface area contributed by atoms with E-state index in [-0.39, 0.29) is 60.3 Å². The van der Waals surface area contributed by atoms with Gasteiger partial charge < -0.3 is 13.9 Å². The van der Waals surface area contributed by atoms with Gasteiger partial charge in [-0.15, -0.1) is 29.7 Å². The minimum absolute atomic E-state index is 0. The SMILES string of the molecule is [2H]c1c([2H])c([2H])c(-c2c([2H])c(-c3cc(C(C)(C)C)cc(-c4c([2H])c([2H])c5c(c4[2H])C(C([2H])([2H])[2H])(C([2H])([2H])[2H])C([2H])([2H])C([2H])([2H])C5(C([2H])([2H])[2H])C([2H])([2H])[2H])c3-[n+]3[c-]n(-c4[c-]c(Oc5[c-]c6c(cc5)c5ccccc5n6-c5cc(C(C)(C)C)ccn5)ccc4)c4cc(-c5cc(C(C)(C)C)cc(C(C)(C)C)c5)ccc43)c([2H])c(-c3c([2H])c([2H])c([2H])c([2H])c3[2H])c2[2H])c([2H])c1[2H].[Pt]. The van der Waals surface area contributed by atoms with Crippen LogP contribution in [0.3, 0.4) is 0 Å². The van der Waals surface area contributed by atoms with Crippen molar-refractivity contribution in [3.63, 3.8) is 0 Å². The fourth-order valence-electron chi connectivity index (χ4n) is 11.9. The summed E-state index contributed by atoms with van der Waals surface area (Å²) in [5.74, 6) is 0.836. The smallest absolute Gasteiger partial charge is 0.268 e. The molecule has 5 nitrogen and oxygen atoms in total. The van der Waals surface area contributed by atoms with E-state index in [9.17, 15) is 27.4 Å². The molecule has 14 rings (SSSR count). The molecule has 1 aliphatic carbocycles. The van der Waals surface area contributed by atoms with Gasteiger partial charge >= 0.3 is 0 Å². The maximum atomic E-state index is 10.9. The Morgan fingerprint density at radius 1 is 0.490 bits per heavy atom. The second-order valence-electron chi connectivity index (χ2n) is 28.3. The molecule has 0 aliphatic heterocycles. The fourth-order valence-corrected chi connectivity index (χ4v) is 11.9. The van der Waals surface area contributed by atoms with Crippen LogP contribution in [0.2, 0.25) is 0 Å². The monoisotopic (exact) mass is 1470 g/mol. The van der Waals surface area contributed by atoms with Gasteiger partial charge in [-0.25, -0.2) is 4.98 Å². The van der Waals surface area contributed by atoms with Crippen molar-refractivity contribution in [2.45, 2.75) is 156 Å². The van der Waals surface area contributed by atoms with Gasteiger partial charge in [-0.1, -0.05) is 255 Å². The Morgan fingerprint density at radius 3 is 1.72 bits per heavy atom. The molecule has 6 heteroatoms. The zero-order valence-corrected chi connectivity index (χ0v) is 57.3. The maximum absolute atomic E-state index is 10.9. The molecule has 486 valence electrons. The Kier molecular flexibility index (Phi) is 9.52. The summed E-state index contributed by atoms with van der Waals surface area (Å²) in [7, 11) is 0. The summed E-state index contributed by atoms with van der Waals surface area (Å²) in [6.45, 7) is 5.34. The van der Waals surface area contributed by atoms with Crippen LogP contribution < -0.4 is 9.30 Å². The summed E-state index contributed by atoms with van der Waals surface area (Å²) in [4.78, 5) is 4.84. The Labute approximate surface area is 629 Å². The van der Waals surface area contributed by atoms with Crippen LogP contribution in [-0.4, -0.2) is 14.1 Å². The van der Waals surface area contributed by atoms with Gasteiger partial charge in [0.25, 0.3) is 6.33 Å². The molecule has 0 unspecified atom stereocenters. The first-order valence-electron chi connectivity index (χ1n) is 47.2. The Balaban J connectivity index is 0.0000140. The predicted octanol–water partition coefficient (Wildman–Crippen LogP) is 23.5. The minimum atomic E-state index is -4.81. The minimum Gasteiger partial charge on any atom is -0.510 e. The third-order valence-electron chi connectivity index (χ3n) is 17.3. The predicted molar refractivity (Wildman–Crippen MR) is 397 cm³/mol. The summed E-state index contributed by atoms with van der Waals surface area (Å²) >= 11 is 0. The largest absolute Gasteiger partial charge is 0.510 e. The maximum Gasteiger partial charge on any atom is 0.268 e. The first-order valence-corrected chi connectivity index (χ1v) is 31.2. The van der Waals surface area contributed by atoms with Gasteiger partial charge in [0.1, 0.15) is 5.82 Å². The van der Waals surface area contributed by atoms with Crippen molar-refractivity contribution in [3.05, 3.63) is 270 Å². The number of fused-ring (bicyclic) bond motifs is 5. The van der Waals surface area contributed by atoms with Gasteiger partial charge in [0.05, 0.1) is 38.7 Å². The van der Waals surface area contributed by atoms with E-state index in [1.54, 1.807) is 69.4 Å². The van der Waals surface area contributed by atoms with Crippen LogP contribution in [0.5, 0.6) is 11.5 Å². The van der Waals surface area contributed by atoms with Crippen LogP contribution in [-0.2, 0) is 53.6 Å². The van der Waals surface area contributed by atoms with Crippen LogP contribution in [0.4, 0.5) is 0 Å². The van der Waals surface area contributed by atoms with E-state index in [1.807, 2.05) is 101 Å². The van der Waals surface area contributed by atoms with Crippen molar-refractivity contribution < 1.29 is 74.2 Å². The number of benzene rings is 10. The first-order chi connectivity index (χ1) is 58.3. The molecule has 96 heavy (non-hydrogen) atoms. The van der Waals surface area contributed by atoms with Crippen LogP contribution in [0.1, 0.15) is 200 Å². The van der Waals surface area contributed by atoms with E-state index in [4.69, 9.17) is 26.2 Å². The van der Waals surface area contributed by atoms with Crippen molar-refractivity contribution in [1.82, 2.24) is 14.1 Å². The van der Waals surface area contributed by atoms with Gasteiger partial charge in [-0.05, 0) is 188 Å². The zero-order chi connectivity index (χ0) is 94.2. The molecule has 0 atom stereocenters. The van der Waals surface area contributed by atoms with E-state index in [2.05, 4.69) is 45.3 Å². The van der Waals surface area contributed by atoms with Crippen LogP contribution in [0, 0.1) is 18.5 Å². The number of hydrogen-bond acceptors (Lipinski definition) is 2. The van der Waals surface area contributed by atoms with Gasteiger partial charge in [-0.3, -0.25) is 4.57 Å². The molecule has 3 aromatic heterocycles. The molecule has 13 aromatic rings. The summed E-state index contributed by atoms with van der Waals surface area (Å²) in [6, 6.07) is 22.6. The average Bonchev–Trinajstić information content (AvgIpc) is 0.723. The quantitative estimate of drug-likeness (QED) is 0.101. The Morgan fingerprint density at radius 2 is 1.08 bits per heavy atom. The number of nitrogens with zero attached hydrogens (tertiary/aromatic N) is 4. The van der Waals surface area contributed by atoms with Crippen LogP contribution in [0.15, 0.2) is 218 Å². The fraction of sp³-hybridized carbons (Fsp3) is 0.267. The zero-order valence-electron chi connectivity index (χ0n) is 87.1. The Hall–Kier alpha value is -8.89. The van der Waals surface area contributed by atoms with Gasteiger partial charge in [0.15, 0.2) is 0 Å². The molecule has 3 heterocycles. The van der Waals surface area contributed by atoms with E-state index in [1.165, 1.54) is 21.3 Å². The molecule has 0 amide bonds. The molecule has 1 aliphatic rings. The molecular weight excluding hydrogens is 1350 g/mol. The van der Waals surface area contributed by atoms with E-state index < -0.39 is 225 Å². The summed E-state index contributed by atoms with van der Waals surface area (Å²) in [5.41, 5.74) is -17.3. The van der Waals surface area contributed by atoms with Crippen molar-refractivity contribution in [3.8, 4) is 84.3 Å². The van der Waals surface area contributed by atoms with Crippen molar-refractivity contribution in [1.29, 1.82) is 0 Å². The molecule has 0 spiro atoms. The summed E-state index contributed by atoms with van der Waals surface area (Å²) in [5, 5.41) is 1.69. The molecule has 0 bridgehead atoms. The third-order valence-corrected chi connectivity index (χ3v) is 17.3. The van der Waals surface area contributed by atoms with Gasteiger partial charge in [0, 0.05) is 66.2 Å². The first kappa shape index (κ1) is 37.6. The average molecular weight is 1470 g/mol. The normalized spacial score (nSPS) is 20.4. The third kappa shape index (κ3) is 12.4. The number of rotatable bonds is 10. The molecule has 10 aromatic carbocycles. The second-order valence-corrected chi connectivity index (χ2v) is 28.3. The number of ether oxygens (including phenoxy) is 1. The van der Waals surface area contributed by atoms with E-state index in [0.717, 1.165) is 33.0 Å². The van der Waals surface area contributed by atoms with Gasteiger partial charge in [-0.2, -0.15) is 18.2 Å². The number of pyridine rings is 1. The summed E-state index contributed by atoms with van der Waals surface area (Å²) in [6.07, 6.45) is -4.42. The molecule has 0 fully saturated rings. The standard InChI is InChI=1S/C90H88N4O.Pt/c1-85(2,3)66-40-43-91-83(54-66)94-79-33-24-23-32-73(79)74-37-36-72(56-81(74)94)95-71-31-25-30-70(55-71)92-57-93(80-39-35-60(50-82(80)92)64-47-67(86(4,5)6)51-68(48-64)87(7,8)9)84-75(61-34-38-77-78(49-61)90(15,16)42-41-89(77,13)14)52-69(88(10,11)12)53-76(84)65-45-62(58-26-19-17-20-27-58)44-63(46-65)59-28-21-18-22-29-59;/h17-40,43-54H,41-42H2,1-16H3;/q-2;/i13D3,14D3,15D3,16D3,17D,18D,19D,20D,21D,22D,26D,27D,28D,29D,34D,38D,41D2,42D2,44D,45D,46D,49D;. The Bertz CT molecular complexity index is 6610. The number of imidazole rings is 1. The van der Waals surface area contributed by atoms with Crippen LogP contribution >= 0.6 is 0 Å². The topological polar surface area (TPSA) is 35.9 Å². The molecule has 0 saturated heterocycles. The number of para-hydroxylation sites is 1. The molecule has 0 saturated carbocycles. The van der Waals surface area contributed by atoms with Crippen LogP contribution in [0.25, 0.3) is 106 Å². The summed E-state index contributed by atoms with van der Waals surface area (Å²) < 4.78 is 317. The second kappa shape index (κ2) is 24.3. The van der Waals surface area contributed by atoms with E-state index >= 15 is 0 Å².